The number of guanidine groups is 1. The standard InChI is InChI=1S/C15H18ClF2N5/c1-2-19-15(21-9-11-5-3-4-6-12(11)16)22-10-13-20-7-8-23(13)14(17)18/h3-8,14H,2,9-10H2,1H3,(H2,19,21,22). The summed E-state index contributed by atoms with van der Waals surface area (Å²) in [6.07, 6.45) is 2.59. The van der Waals surface area contributed by atoms with Crippen molar-refractivity contribution < 1.29 is 8.78 Å². The van der Waals surface area contributed by atoms with Gasteiger partial charge in [-0.15, -0.1) is 0 Å². The number of aliphatic imine (C=N–C) groups is 1. The highest BCUT2D eigenvalue weighted by molar-refractivity contribution is 6.31. The smallest absolute Gasteiger partial charge is 0.319 e. The van der Waals surface area contributed by atoms with E-state index >= 15 is 0 Å². The SMILES string of the molecule is CCNC(=NCc1ccccc1Cl)NCc1nccn1C(F)F. The van der Waals surface area contributed by atoms with Gasteiger partial charge in [0.1, 0.15) is 5.82 Å². The molecular formula is C15H18ClF2N5. The first-order valence-corrected chi connectivity index (χ1v) is 7.55. The molecule has 8 heteroatoms. The highest BCUT2D eigenvalue weighted by atomic mass is 35.5. The van der Waals surface area contributed by atoms with Crippen molar-refractivity contribution in [1.82, 2.24) is 20.2 Å². The van der Waals surface area contributed by atoms with E-state index in [9.17, 15) is 8.78 Å². The zero-order chi connectivity index (χ0) is 16.7. The predicted molar refractivity (Wildman–Crippen MR) is 86.6 cm³/mol. The lowest BCUT2D eigenvalue weighted by atomic mass is 10.2. The van der Waals surface area contributed by atoms with Crippen molar-refractivity contribution in [3.63, 3.8) is 0 Å². The summed E-state index contributed by atoms with van der Waals surface area (Å²) < 4.78 is 26.4. The van der Waals surface area contributed by atoms with Crippen molar-refractivity contribution in [2.45, 2.75) is 26.6 Å². The fourth-order valence-electron chi connectivity index (χ4n) is 1.95. The largest absolute Gasteiger partial charge is 0.357 e. The molecule has 1 heterocycles. The Hall–Kier alpha value is -2.15. The molecule has 23 heavy (non-hydrogen) atoms. The maximum atomic E-state index is 12.8. The van der Waals surface area contributed by atoms with Gasteiger partial charge in [-0.2, -0.15) is 8.78 Å². The third-order valence-electron chi connectivity index (χ3n) is 3.08. The van der Waals surface area contributed by atoms with E-state index in [1.807, 2.05) is 25.1 Å². The van der Waals surface area contributed by atoms with Crippen LogP contribution in [0.25, 0.3) is 0 Å². The highest BCUT2D eigenvalue weighted by Gasteiger charge is 2.11. The maximum Gasteiger partial charge on any atom is 0.319 e. The zero-order valence-corrected chi connectivity index (χ0v) is 13.4. The van der Waals surface area contributed by atoms with E-state index in [1.165, 1.54) is 12.4 Å². The number of imidazole rings is 1. The zero-order valence-electron chi connectivity index (χ0n) is 12.6. The Morgan fingerprint density at radius 3 is 2.83 bits per heavy atom. The molecule has 2 N–H and O–H groups in total. The first-order chi connectivity index (χ1) is 11.1. The van der Waals surface area contributed by atoms with Gasteiger partial charge in [0.05, 0.1) is 13.1 Å². The topological polar surface area (TPSA) is 54.2 Å². The quantitative estimate of drug-likeness (QED) is 0.626. The van der Waals surface area contributed by atoms with Crippen LogP contribution in [-0.4, -0.2) is 22.1 Å². The summed E-state index contributed by atoms with van der Waals surface area (Å²) in [5.74, 6) is 0.750. The second kappa shape index (κ2) is 8.47. The van der Waals surface area contributed by atoms with E-state index in [0.29, 0.717) is 24.1 Å². The Morgan fingerprint density at radius 1 is 1.35 bits per heavy atom. The molecule has 0 saturated carbocycles. The van der Waals surface area contributed by atoms with Crippen LogP contribution in [-0.2, 0) is 13.1 Å². The number of halogens is 3. The van der Waals surface area contributed by atoms with Gasteiger partial charge >= 0.3 is 6.55 Å². The fourth-order valence-corrected chi connectivity index (χ4v) is 2.15. The van der Waals surface area contributed by atoms with Gasteiger partial charge in [0.25, 0.3) is 0 Å². The van der Waals surface area contributed by atoms with Crippen LogP contribution in [0.15, 0.2) is 41.7 Å². The molecule has 0 aliphatic heterocycles. The summed E-state index contributed by atoms with van der Waals surface area (Å²) in [4.78, 5) is 8.32. The minimum Gasteiger partial charge on any atom is -0.357 e. The molecule has 0 fully saturated rings. The molecular weight excluding hydrogens is 324 g/mol. The number of alkyl halides is 2. The van der Waals surface area contributed by atoms with E-state index in [1.54, 1.807) is 6.07 Å². The summed E-state index contributed by atoms with van der Waals surface area (Å²) in [5.41, 5.74) is 0.889. The molecule has 0 unspecified atom stereocenters. The van der Waals surface area contributed by atoms with Gasteiger partial charge in [-0.1, -0.05) is 29.8 Å². The molecule has 0 aliphatic rings. The van der Waals surface area contributed by atoms with Crippen LogP contribution in [0.3, 0.4) is 0 Å². The lowest BCUT2D eigenvalue weighted by Gasteiger charge is -2.12. The van der Waals surface area contributed by atoms with Crippen molar-refractivity contribution in [3.05, 3.63) is 53.1 Å². The molecule has 124 valence electrons. The van der Waals surface area contributed by atoms with E-state index in [0.717, 1.165) is 10.1 Å². The van der Waals surface area contributed by atoms with Gasteiger partial charge in [0.15, 0.2) is 5.96 Å². The van der Waals surface area contributed by atoms with Gasteiger partial charge < -0.3 is 10.6 Å². The molecule has 0 saturated heterocycles. The van der Waals surface area contributed by atoms with Gasteiger partial charge in [0.2, 0.25) is 0 Å². The van der Waals surface area contributed by atoms with Crippen molar-refractivity contribution in [2.24, 2.45) is 4.99 Å². The number of benzene rings is 1. The first kappa shape index (κ1) is 17.2. The van der Waals surface area contributed by atoms with E-state index in [-0.39, 0.29) is 12.4 Å². The Bertz CT molecular complexity index is 657. The first-order valence-electron chi connectivity index (χ1n) is 7.17. The summed E-state index contributed by atoms with van der Waals surface area (Å²) in [7, 11) is 0. The molecule has 1 aromatic heterocycles. The molecule has 0 radical (unpaired) electrons. The van der Waals surface area contributed by atoms with Crippen molar-refractivity contribution in [2.75, 3.05) is 6.54 Å². The van der Waals surface area contributed by atoms with Crippen LogP contribution in [0.1, 0.15) is 24.9 Å². The van der Waals surface area contributed by atoms with Crippen LogP contribution in [0.5, 0.6) is 0 Å². The molecule has 5 nitrogen and oxygen atoms in total. The summed E-state index contributed by atoms with van der Waals surface area (Å²) >= 11 is 6.09. The lowest BCUT2D eigenvalue weighted by Crippen LogP contribution is -2.37. The number of nitrogens with one attached hydrogen (secondary N) is 2. The third-order valence-corrected chi connectivity index (χ3v) is 3.45. The summed E-state index contributed by atoms with van der Waals surface area (Å²) in [5, 5.41) is 6.68. The number of nitrogens with zero attached hydrogens (tertiary/aromatic N) is 3. The average Bonchev–Trinajstić information content (AvgIpc) is 3.00. The van der Waals surface area contributed by atoms with E-state index in [4.69, 9.17) is 11.6 Å². The lowest BCUT2D eigenvalue weighted by molar-refractivity contribution is 0.0668. The van der Waals surface area contributed by atoms with Gasteiger partial charge in [0, 0.05) is 24.0 Å². The molecule has 1 aromatic carbocycles. The number of hydrogen-bond donors (Lipinski definition) is 2. The minimum absolute atomic E-state index is 0.145. The normalized spacial score (nSPS) is 11.8. The number of hydrogen-bond acceptors (Lipinski definition) is 2. The number of aromatic nitrogens is 2. The minimum atomic E-state index is -2.61. The molecule has 0 atom stereocenters. The maximum absolute atomic E-state index is 12.8. The average molecular weight is 342 g/mol. The molecule has 0 spiro atoms. The predicted octanol–water partition coefficient (Wildman–Crippen LogP) is 3.19. The molecule has 0 aliphatic carbocycles. The van der Waals surface area contributed by atoms with Crippen LogP contribution in [0.2, 0.25) is 5.02 Å². The van der Waals surface area contributed by atoms with E-state index < -0.39 is 6.55 Å². The Balaban J connectivity index is 2.02. The molecule has 2 aromatic rings. The second-order valence-electron chi connectivity index (χ2n) is 4.67. The van der Waals surface area contributed by atoms with Crippen LogP contribution in [0.4, 0.5) is 8.78 Å². The van der Waals surface area contributed by atoms with E-state index in [2.05, 4.69) is 20.6 Å². The Morgan fingerprint density at radius 2 is 2.13 bits per heavy atom. The van der Waals surface area contributed by atoms with Gasteiger partial charge in [-0.05, 0) is 18.6 Å². The van der Waals surface area contributed by atoms with Crippen LogP contribution >= 0.6 is 11.6 Å². The fraction of sp³-hybridized carbons (Fsp3) is 0.333. The Kier molecular flexibility index (Phi) is 6.34. The summed E-state index contributed by atoms with van der Waals surface area (Å²) in [6, 6.07) is 7.42. The third kappa shape index (κ3) is 4.92. The van der Waals surface area contributed by atoms with Crippen LogP contribution < -0.4 is 10.6 Å². The van der Waals surface area contributed by atoms with Crippen LogP contribution in [0, 0.1) is 0 Å². The molecule has 2 rings (SSSR count). The van der Waals surface area contributed by atoms with Crippen molar-refractivity contribution in [1.29, 1.82) is 0 Å². The summed E-state index contributed by atoms with van der Waals surface area (Å²) in [6.45, 7) is 0.492. The molecule has 0 bridgehead atoms. The van der Waals surface area contributed by atoms with Gasteiger partial charge in [-0.25, -0.2) is 9.98 Å². The van der Waals surface area contributed by atoms with Gasteiger partial charge in [-0.3, -0.25) is 4.57 Å². The molecule has 0 amide bonds. The van der Waals surface area contributed by atoms with Crippen molar-refractivity contribution >= 4 is 17.6 Å². The number of rotatable bonds is 6. The second-order valence-corrected chi connectivity index (χ2v) is 5.08. The Labute approximate surface area is 138 Å². The monoisotopic (exact) mass is 341 g/mol. The highest BCUT2D eigenvalue weighted by Crippen LogP contribution is 2.15. The van der Waals surface area contributed by atoms with Crippen molar-refractivity contribution in [3.8, 4) is 0 Å².